The van der Waals surface area contributed by atoms with Gasteiger partial charge < -0.3 is 14.6 Å². The van der Waals surface area contributed by atoms with Crippen molar-refractivity contribution < 1.29 is 9.90 Å². The summed E-state index contributed by atoms with van der Waals surface area (Å²) in [6.45, 7) is 7.58. The Morgan fingerprint density at radius 3 is 2.50 bits per heavy atom. The van der Waals surface area contributed by atoms with Gasteiger partial charge >= 0.3 is 5.97 Å². The molecule has 0 spiro atoms. The molecule has 0 saturated carbocycles. The zero-order valence-electron chi connectivity index (χ0n) is 12.0. The molecule has 1 fully saturated rings. The third kappa shape index (κ3) is 3.46. The first-order chi connectivity index (χ1) is 9.47. The van der Waals surface area contributed by atoms with Gasteiger partial charge in [0.25, 0.3) is 0 Å². The molecule has 110 valence electrons. The summed E-state index contributed by atoms with van der Waals surface area (Å²) in [5.74, 6) is -1.16. The molecule has 0 radical (unpaired) electrons. The van der Waals surface area contributed by atoms with E-state index in [0.29, 0.717) is 6.54 Å². The molecule has 1 aromatic heterocycles. The molecule has 6 nitrogen and oxygen atoms in total. The van der Waals surface area contributed by atoms with Crippen molar-refractivity contribution >= 4 is 5.97 Å². The molecular formula is C14H21N3O3. The van der Waals surface area contributed by atoms with Gasteiger partial charge in [-0.15, -0.1) is 0 Å². The minimum absolute atomic E-state index is 0.158. The highest BCUT2D eigenvalue weighted by molar-refractivity contribution is 5.87. The second-order valence-corrected chi connectivity index (χ2v) is 5.34. The van der Waals surface area contributed by atoms with Gasteiger partial charge in [0.1, 0.15) is 5.56 Å². The molecule has 1 N–H and O–H groups in total. The Bertz CT molecular complexity index is 545. The maximum absolute atomic E-state index is 11.6. The summed E-state index contributed by atoms with van der Waals surface area (Å²) in [5, 5.41) is 9.00. The Kier molecular flexibility index (Phi) is 4.57. The number of likely N-dealkylation sites (N-methyl/N-ethyl adjacent to an activating group) is 1. The van der Waals surface area contributed by atoms with Crippen molar-refractivity contribution in [1.29, 1.82) is 0 Å². The van der Waals surface area contributed by atoms with Crippen LogP contribution in [0, 0.1) is 6.92 Å². The highest BCUT2D eigenvalue weighted by Crippen LogP contribution is 2.03. The van der Waals surface area contributed by atoms with Crippen molar-refractivity contribution in [2.45, 2.75) is 13.5 Å². The van der Waals surface area contributed by atoms with Crippen LogP contribution in [0.3, 0.4) is 0 Å². The van der Waals surface area contributed by atoms with Gasteiger partial charge in [-0.1, -0.05) is 0 Å². The van der Waals surface area contributed by atoms with Gasteiger partial charge in [0, 0.05) is 57.2 Å². The summed E-state index contributed by atoms with van der Waals surface area (Å²) in [4.78, 5) is 27.2. The topological polar surface area (TPSA) is 65.8 Å². The van der Waals surface area contributed by atoms with Crippen molar-refractivity contribution in [3.05, 3.63) is 33.7 Å². The third-order valence-corrected chi connectivity index (χ3v) is 3.83. The number of pyridine rings is 1. The van der Waals surface area contributed by atoms with E-state index in [1.165, 1.54) is 12.3 Å². The molecule has 1 aliphatic heterocycles. The number of rotatable bonds is 4. The van der Waals surface area contributed by atoms with Gasteiger partial charge in [0.05, 0.1) is 0 Å². The number of hydrogen-bond acceptors (Lipinski definition) is 4. The number of carboxylic acid groups (broad SMARTS) is 1. The minimum Gasteiger partial charge on any atom is -0.477 e. The number of aryl methyl sites for hydroxylation is 1. The summed E-state index contributed by atoms with van der Waals surface area (Å²) >= 11 is 0. The van der Waals surface area contributed by atoms with Gasteiger partial charge in [-0.05, 0) is 14.0 Å². The molecule has 0 aromatic carbocycles. The van der Waals surface area contributed by atoms with E-state index in [2.05, 4.69) is 16.8 Å². The lowest BCUT2D eigenvalue weighted by Crippen LogP contribution is -2.45. The highest BCUT2D eigenvalue weighted by Gasteiger charge is 2.14. The molecule has 1 aromatic rings. The first-order valence-corrected chi connectivity index (χ1v) is 6.82. The van der Waals surface area contributed by atoms with Crippen LogP contribution < -0.4 is 5.43 Å². The Labute approximate surface area is 118 Å². The molecule has 2 heterocycles. The first-order valence-electron chi connectivity index (χ1n) is 6.82. The third-order valence-electron chi connectivity index (χ3n) is 3.83. The molecule has 20 heavy (non-hydrogen) atoms. The molecule has 1 saturated heterocycles. The van der Waals surface area contributed by atoms with Crippen LogP contribution in [-0.2, 0) is 6.54 Å². The summed E-state index contributed by atoms with van der Waals surface area (Å²) in [5.41, 5.74) is 0.217. The zero-order chi connectivity index (χ0) is 14.7. The van der Waals surface area contributed by atoms with Gasteiger partial charge in [-0.2, -0.15) is 0 Å². The lowest BCUT2D eigenvalue weighted by Gasteiger charge is -2.32. The van der Waals surface area contributed by atoms with Crippen LogP contribution in [0.2, 0.25) is 0 Å². The van der Waals surface area contributed by atoms with E-state index >= 15 is 0 Å². The summed E-state index contributed by atoms with van der Waals surface area (Å²) in [6, 6.07) is 1.40. The fraction of sp³-hybridized carbons (Fsp3) is 0.571. The van der Waals surface area contributed by atoms with Crippen molar-refractivity contribution in [1.82, 2.24) is 14.4 Å². The van der Waals surface area contributed by atoms with E-state index in [4.69, 9.17) is 5.11 Å². The van der Waals surface area contributed by atoms with Crippen LogP contribution in [0.4, 0.5) is 0 Å². The second-order valence-electron chi connectivity index (χ2n) is 5.34. The van der Waals surface area contributed by atoms with Crippen molar-refractivity contribution in [2.24, 2.45) is 0 Å². The van der Waals surface area contributed by atoms with Crippen LogP contribution >= 0.6 is 0 Å². The van der Waals surface area contributed by atoms with Gasteiger partial charge in [0.2, 0.25) is 0 Å². The van der Waals surface area contributed by atoms with Crippen LogP contribution in [0.5, 0.6) is 0 Å². The average Bonchev–Trinajstić information content (AvgIpc) is 2.39. The highest BCUT2D eigenvalue weighted by atomic mass is 16.4. The summed E-state index contributed by atoms with van der Waals surface area (Å²) < 4.78 is 1.85. The Balaban J connectivity index is 2.04. The number of carbonyl (C=O) groups is 1. The van der Waals surface area contributed by atoms with Crippen molar-refractivity contribution in [3.63, 3.8) is 0 Å². The first kappa shape index (κ1) is 14.7. The Hall–Kier alpha value is -1.66. The number of hydrogen-bond donors (Lipinski definition) is 1. The number of aromatic carboxylic acids is 1. The average molecular weight is 279 g/mol. The molecule has 2 rings (SSSR count). The van der Waals surface area contributed by atoms with Crippen LogP contribution in [0.25, 0.3) is 0 Å². The molecular weight excluding hydrogens is 258 g/mol. The van der Waals surface area contributed by atoms with Gasteiger partial charge in [-0.25, -0.2) is 4.79 Å². The Morgan fingerprint density at radius 2 is 1.90 bits per heavy atom. The van der Waals surface area contributed by atoms with Gasteiger partial charge in [0.15, 0.2) is 5.43 Å². The second kappa shape index (κ2) is 6.19. The molecule has 0 atom stereocenters. The predicted molar refractivity (Wildman–Crippen MR) is 76.3 cm³/mol. The van der Waals surface area contributed by atoms with E-state index < -0.39 is 11.4 Å². The molecule has 0 aliphatic carbocycles. The fourth-order valence-electron chi connectivity index (χ4n) is 2.39. The van der Waals surface area contributed by atoms with Crippen molar-refractivity contribution in [2.75, 3.05) is 39.8 Å². The van der Waals surface area contributed by atoms with E-state index in [1.54, 1.807) is 0 Å². The van der Waals surface area contributed by atoms with E-state index in [0.717, 1.165) is 38.4 Å². The van der Waals surface area contributed by atoms with E-state index in [-0.39, 0.29) is 5.56 Å². The maximum atomic E-state index is 11.6. The number of piperazine rings is 1. The van der Waals surface area contributed by atoms with Gasteiger partial charge in [-0.3, -0.25) is 9.69 Å². The van der Waals surface area contributed by atoms with Crippen LogP contribution in [-0.4, -0.2) is 65.2 Å². The van der Waals surface area contributed by atoms with E-state index in [1.807, 2.05) is 11.5 Å². The number of aromatic nitrogens is 1. The molecule has 6 heteroatoms. The fourth-order valence-corrected chi connectivity index (χ4v) is 2.39. The quantitative estimate of drug-likeness (QED) is 0.847. The Morgan fingerprint density at radius 1 is 1.25 bits per heavy atom. The summed E-state index contributed by atoms with van der Waals surface area (Å²) in [6.07, 6.45) is 1.45. The SMILES string of the molecule is Cc1cc(=O)c(C(=O)O)cn1CCN1CCN(C)CC1. The largest absolute Gasteiger partial charge is 0.477 e. The lowest BCUT2D eigenvalue weighted by atomic mass is 10.2. The van der Waals surface area contributed by atoms with Crippen molar-refractivity contribution in [3.8, 4) is 0 Å². The smallest absolute Gasteiger partial charge is 0.341 e. The van der Waals surface area contributed by atoms with Crippen LogP contribution in [0.15, 0.2) is 17.1 Å². The lowest BCUT2D eigenvalue weighted by molar-refractivity contribution is 0.0694. The van der Waals surface area contributed by atoms with Crippen LogP contribution in [0.1, 0.15) is 16.1 Å². The summed E-state index contributed by atoms with van der Waals surface area (Å²) in [7, 11) is 2.11. The molecule has 1 aliphatic rings. The molecule has 0 unspecified atom stereocenters. The zero-order valence-corrected chi connectivity index (χ0v) is 12.0. The standard InChI is InChI=1S/C14H21N3O3/c1-11-9-13(18)12(14(19)20)10-17(11)8-7-16-5-3-15(2)4-6-16/h9-10H,3-8H2,1-2H3,(H,19,20). The normalized spacial score (nSPS) is 17.3. The minimum atomic E-state index is -1.16. The molecule has 0 bridgehead atoms. The number of carboxylic acids is 1. The monoisotopic (exact) mass is 279 g/mol. The molecule has 0 amide bonds. The predicted octanol–water partition coefficient (Wildman–Crippen LogP) is 0.102. The van der Waals surface area contributed by atoms with E-state index in [9.17, 15) is 9.59 Å². The number of nitrogens with zero attached hydrogens (tertiary/aromatic N) is 3. The maximum Gasteiger partial charge on any atom is 0.341 e.